The lowest BCUT2D eigenvalue weighted by molar-refractivity contribution is -0.149. The number of hydrogen-bond donors (Lipinski definition) is 1. The molecule has 0 saturated carbocycles. The number of nitrogens with zero attached hydrogens (tertiary/aromatic N) is 2. The summed E-state index contributed by atoms with van der Waals surface area (Å²) in [5.41, 5.74) is 0.455. The highest BCUT2D eigenvalue weighted by molar-refractivity contribution is 9.10. The third-order valence-electron chi connectivity index (χ3n) is 2.94. The van der Waals surface area contributed by atoms with Gasteiger partial charge in [0.15, 0.2) is 6.10 Å². The van der Waals surface area contributed by atoms with Crippen LogP contribution in [0, 0.1) is 6.92 Å². The highest BCUT2D eigenvalue weighted by Crippen LogP contribution is 2.21. The molecule has 1 aliphatic rings. The first kappa shape index (κ1) is 13.2. The monoisotopic (exact) mass is 316 g/mol. The number of halogens is 1. The minimum absolute atomic E-state index is 0.176. The summed E-state index contributed by atoms with van der Waals surface area (Å²) in [6.07, 6.45) is 1.57. The van der Waals surface area contributed by atoms with Crippen molar-refractivity contribution in [3.63, 3.8) is 0 Å². The Balaban J connectivity index is 2.10. The number of carboxylic acids is 1. The van der Waals surface area contributed by atoms with Crippen LogP contribution in [0.15, 0.2) is 15.6 Å². The molecule has 98 valence electrons. The van der Waals surface area contributed by atoms with E-state index >= 15 is 0 Å². The van der Waals surface area contributed by atoms with Gasteiger partial charge in [0.1, 0.15) is 4.47 Å². The van der Waals surface area contributed by atoms with Gasteiger partial charge in [0.25, 0.3) is 5.56 Å². The lowest BCUT2D eigenvalue weighted by Crippen LogP contribution is -2.29. The number of ether oxygens (including phenoxy) is 1. The van der Waals surface area contributed by atoms with Gasteiger partial charge in [-0.2, -0.15) is 0 Å². The lowest BCUT2D eigenvalue weighted by Gasteiger charge is -2.13. The second kappa shape index (κ2) is 5.19. The van der Waals surface area contributed by atoms with Gasteiger partial charge in [0.2, 0.25) is 0 Å². The minimum atomic E-state index is -0.951. The zero-order chi connectivity index (χ0) is 13.3. The number of rotatable bonds is 3. The molecular weight excluding hydrogens is 304 g/mol. The molecule has 0 radical (unpaired) electrons. The van der Waals surface area contributed by atoms with E-state index in [1.807, 2.05) is 0 Å². The summed E-state index contributed by atoms with van der Waals surface area (Å²) in [5.74, 6) is -0.951. The van der Waals surface area contributed by atoms with E-state index in [0.717, 1.165) is 0 Å². The molecule has 0 bridgehead atoms. The molecule has 1 fully saturated rings. The number of aryl methyl sites for hydroxylation is 1. The van der Waals surface area contributed by atoms with E-state index in [-0.39, 0.29) is 11.7 Å². The van der Waals surface area contributed by atoms with Crippen LogP contribution in [0.2, 0.25) is 0 Å². The number of carbonyl (C=O) groups is 1. The Morgan fingerprint density at radius 3 is 3.00 bits per heavy atom. The second-order valence-corrected chi connectivity index (χ2v) is 5.06. The van der Waals surface area contributed by atoms with Gasteiger partial charge >= 0.3 is 5.97 Å². The minimum Gasteiger partial charge on any atom is -0.479 e. The fraction of sp³-hybridized carbons (Fsp3) is 0.545. The maximum absolute atomic E-state index is 11.9. The maximum atomic E-state index is 11.9. The SMILES string of the molecule is Cc1ncn(CC2CCC(C(=O)O)O2)c(=O)c1Br. The van der Waals surface area contributed by atoms with Crippen LogP contribution in [0.4, 0.5) is 0 Å². The van der Waals surface area contributed by atoms with Gasteiger partial charge in [-0.05, 0) is 35.7 Å². The molecular formula is C11H13BrN2O4. The molecule has 7 heteroatoms. The summed E-state index contributed by atoms with van der Waals surface area (Å²) in [7, 11) is 0. The van der Waals surface area contributed by atoms with Crippen molar-refractivity contribution in [1.29, 1.82) is 0 Å². The summed E-state index contributed by atoms with van der Waals surface area (Å²) >= 11 is 3.18. The van der Waals surface area contributed by atoms with Crippen LogP contribution in [-0.4, -0.2) is 32.8 Å². The molecule has 0 spiro atoms. The van der Waals surface area contributed by atoms with Crippen LogP contribution >= 0.6 is 15.9 Å². The number of carboxylic acid groups (broad SMARTS) is 1. The molecule has 2 heterocycles. The average molecular weight is 317 g/mol. The predicted octanol–water partition coefficient (Wildman–Crippen LogP) is 0.946. The van der Waals surface area contributed by atoms with Gasteiger partial charge < -0.3 is 9.84 Å². The van der Waals surface area contributed by atoms with Gasteiger partial charge in [-0.1, -0.05) is 0 Å². The van der Waals surface area contributed by atoms with Crippen molar-refractivity contribution in [2.75, 3.05) is 0 Å². The zero-order valence-electron chi connectivity index (χ0n) is 9.80. The summed E-state index contributed by atoms with van der Waals surface area (Å²) < 4.78 is 7.21. The first-order chi connectivity index (χ1) is 8.49. The van der Waals surface area contributed by atoms with Gasteiger partial charge in [-0.15, -0.1) is 0 Å². The normalized spacial score (nSPS) is 23.2. The molecule has 0 amide bonds. The summed E-state index contributed by atoms with van der Waals surface area (Å²) in [6.45, 7) is 2.07. The van der Waals surface area contributed by atoms with Crippen molar-refractivity contribution >= 4 is 21.9 Å². The molecule has 1 aromatic rings. The Morgan fingerprint density at radius 1 is 1.67 bits per heavy atom. The molecule has 2 rings (SSSR count). The topological polar surface area (TPSA) is 81.4 Å². The molecule has 18 heavy (non-hydrogen) atoms. The van der Waals surface area contributed by atoms with Crippen molar-refractivity contribution in [2.45, 2.75) is 38.5 Å². The smallest absolute Gasteiger partial charge is 0.332 e. The Bertz CT molecular complexity index is 528. The van der Waals surface area contributed by atoms with Crippen molar-refractivity contribution in [1.82, 2.24) is 9.55 Å². The number of aliphatic carboxylic acids is 1. The molecule has 2 atom stereocenters. The van der Waals surface area contributed by atoms with E-state index in [4.69, 9.17) is 9.84 Å². The summed E-state index contributed by atoms with van der Waals surface area (Å²) in [5, 5.41) is 8.82. The molecule has 1 saturated heterocycles. The fourth-order valence-electron chi connectivity index (χ4n) is 1.92. The molecule has 0 aliphatic carbocycles. The van der Waals surface area contributed by atoms with Crippen molar-refractivity contribution < 1.29 is 14.6 Å². The van der Waals surface area contributed by atoms with E-state index < -0.39 is 12.1 Å². The highest BCUT2D eigenvalue weighted by Gasteiger charge is 2.30. The van der Waals surface area contributed by atoms with E-state index in [9.17, 15) is 9.59 Å². The maximum Gasteiger partial charge on any atom is 0.332 e. The Kier molecular flexibility index (Phi) is 3.82. The third-order valence-corrected chi connectivity index (χ3v) is 3.85. The van der Waals surface area contributed by atoms with Crippen LogP contribution in [0.25, 0.3) is 0 Å². The molecule has 1 aromatic heterocycles. The molecule has 2 unspecified atom stereocenters. The first-order valence-corrected chi connectivity index (χ1v) is 6.38. The molecule has 1 N–H and O–H groups in total. The Labute approximate surface area is 112 Å². The van der Waals surface area contributed by atoms with Gasteiger partial charge in [0.05, 0.1) is 24.7 Å². The van der Waals surface area contributed by atoms with Crippen LogP contribution in [0.3, 0.4) is 0 Å². The van der Waals surface area contributed by atoms with Crippen LogP contribution in [0.5, 0.6) is 0 Å². The van der Waals surface area contributed by atoms with Crippen LogP contribution < -0.4 is 5.56 Å². The van der Waals surface area contributed by atoms with Crippen LogP contribution in [0.1, 0.15) is 18.5 Å². The third kappa shape index (κ3) is 2.62. The molecule has 6 nitrogen and oxygen atoms in total. The largest absolute Gasteiger partial charge is 0.479 e. The fourth-order valence-corrected chi connectivity index (χ4v) is 2.25. The van der Waals surface area contributed by atoms with E-state index in [1.54, 1.807) is 6.92 Å². The summed E-state index contributed by atoms with van der Waals surface area (Å²) in [6, 6.07) is 0. The Morgan fingerprint density at radius 2 is 2.39 bits per heavy atom. The zero-order valence-corrected chi connectivity index (χ0v) is 11.4. The first-order valence-electron chi connectivity index (χ1n) is 5.59. The van der Waals surface area contributed by atoms with E-state index in [0.29, 0.717) is 29.6 Å². The summed E-state index contributed by atoms with van der Waals surface area (Å²) in [4.78, 5) is 26.7. The van der Waals surface area contributed by atoms with E-state index in [1.165, 1.54) is 10.9 Å². The van der Waals surface area contributed by atoms with Gasteiger partial charge in [-0.3, -0.25) is 9.36 Å². The van der Waals surface area contributed by atoms with Crippen molar-refractivity contribution in [3.8, 4) is 0 Å². The average Bonchev–Trinajstić information content (AvgIpc) is 2.79. The predicted molar refractivity (Wildman–Crippen MR) is 66.5 cm³/mol. The van der Waals surface area contributed by atoms with Gasteiger partial charge in [-0.25, -0.2) is 9.78 Å². The van der Waals surface area contributed by atoms with Crippen LogP contribution in [-0.2, 0) is 16.1 Å². The van der Waals surface area contributed by atoms with E-state index in [2.05, 4.69) is 20.9 Å². The second-order valence-electron chi connectivity index (χ2n) is 4.26. The number of aromatic nitrogens is 2. The molecule has 0 aromatic carbocycles. The van der Waals surface area contributed by atoms with Crippen molar-refractivity contribution in [3.05, 3.63) is 26.8 Å². The lowest BCUT2D eigenvalue weighted by atomic mass is 10.2. The quantitative estimate of drug-likeness (QED) is 0.897. The number of hydrogen-bond acceptors (Lipinski definition) is 4. The Hall–Kier alpha value is -1.21. The standard InChI is InChI=1S/C11H13BrN2O4/c1-6-9(12)10(15)14(5-13-6)4-7-2-3-8(18-7)11(16)17/h5,7-8H,2-4H2,1H3,(H,16,17). The molecule has 1 aliphatic heterocycles. The highest BCUT2D eigenvalue weighted by atomic mass is 79.9. The van der Waals surface area contributed by atoms with Gasteiger partial charge in [0, 0.05) is 0 Å². The van der Waals surface area contributed by atoms with Crippen molar-refractivity contribution in [2.24, 2.45) is 0 Å².